The Labute approximate surface area is 139 Å². The van der Waals surface area contributed by atoms with Crippen molar-refractivity contribution in [3.8, 4) is 0 Å². The average molecular weight is 360 g/mol. The van der Waals surface area contributed by atoms with Gasteiger partial charge in [0.25, 0.3) is 10.0 Å². The molecular weight excluding hydrogens is 340 g/mol. The highest BCUT2D eigenvalue weighted by Crippen LogP contribution is 2.28. The first kappa shape index (κ1) is 17.9. The van der Waals surface area contributed by atoms with Gasteiger partial charge in [-0.05, 0) is 38.1 Å². The number of carbonyl (C=O) groups excluding carboxylic acids is 1. The molecule has 2 N–H and O–H groups in total. The molecule has 23 heavy (non-hydrogen) atoms. The first-order valence-corrected chi connectivity index (χ1v) is 9.55. The highest BCUT2D eigenvalue weighted by molar-refractivity contribution is 7.91. The maximum Gasteiger partial charge on any atom is 0.310 e. The molecule has 2 heterocycles. The van der Waals surface area contributed by atoms with Crippen molar-refractivity contribution in [1.29, 1.82) is 0 Å². The van der Waals surface area contributed by atoms with Gasteiger partial charge in [-0.1, -0.05) is 6.07 Å². The SMILES string of the molecule is CC(C)(CNC(=O)C1CCCN1S(=O)(=O)c1cccs1)C(=O)O. The number of carbonyl (C=O) groups is 2. The molecule has 1 fully saturated rings. The minimum atomic E-state index is -3.68. The number of hydrogen-bond donors (Lipinski definition) is 2. The molecule has 1 unspecified atom stereocenters. The van der Waals surface area contributed by atoms with Crippen LogP contribution in [0, 0.1) is 5.41 Å². The van der Waals surface area contributed by atoms with Gasteiger partial charge in [-0.3, -0.25) is 9.59 Å². The Morgan fingerprint density at radius 2 is 2.17 bits per heavy atom. The van der Waals surface area contributed by atoms with Crippen LogP contribution < -0.4 is 5.32 Å². The molecule has 0 spiro atoms. The van der Waals surface area contributed by atoms with E-state index in [4.69, 9.17) is 5.11 Å². The van der Waals surface area contributed by atoms with Crippen LogP contribution >= 0.6 is 11.3 Å². The van der Waals surface area contributed by atoms with Gasteiger partial charge in [0, 0.05) is 13.1 Å². The van der Waals surface area contributed by atoms with E-state index < -0.39 is 33.4 Å². The summed E-state index contributed by atoms with van der Waals surface area (Å²) in [5.41, 5.74) is -1.11. The van der Waals surface area contributed by atoms with E-state index in [9.17, 15) is 18.0 Å². The van der Waals surface area contributed by atoms with Crippen LogP contribution in [0.1, 0.15) is 26.7 Å². The predicted molar refractivity (Wildman–Crippen MR) is 85.7 cm³/mol. The summed E-state index contributed by atoms with van der Waals surface area (Å²) in [5.74, 6) is -1.47. The molecule has 0 saturated carbocycles. The topological polar surface area (TPSA) is 104 Å². The van der Waals surface area contributed by atoms with E-state index in [-0.39, 0.29) is 10.8 Å². The number of nitrogens with zero attached hydrogens (tertiary/aromatic N) is 1. The maximum atomic E-state index is 12.6. The Morgan fingerprint density at radius 1 is 1.48 bits per heavy atom. The van der Waals surface area contributed by atoms with Crippen molar-refractivity contribution in [2.24, 2.45) is 5.41 Å². The Bertz CT molecular complexity index is 682. The summed E-state index contributed by atoms with van der Waals surface area (Å²) in [6.07, 6.45) is 1.04. The third kappa shape index (κ3) is 3.73. The molecule has 9 heteroatoms. The molecular formula is C14H20N2O5S2. The Hall–Kier alpha value is -1.45. The molecule has 2 rings (SSSR count). The molecule has 1 aliphatic heterocycles. The van der Waals surface area contributed by atoms with E-state index in [1.165, 1.54) is 24.2 Å². The number of aliphatic carboxylic acids is 1. The number of thiophene rings is 1. The van der Waals surface area contributed by atoms with E-state index in [0.717, 1.165) is 11.3 Å². The van der Waals surface area contributed by atoms with Crippen molar-refractivity contribution in [2.45, 2.75) is 36.9 Å². The van der Waals surface area contributed by atoms with Crippen molar-refractivity contribution < 1.29 is 23.1 Å². The fourth-order valence-electron chi connectivity index (χ4n) is 2.32. The van der Waals surface area contributed by atoms with Gasteiger partial charge < -0.3 is 10.4 Å². The van der Waals surface area contributed by atoms with Gasteiger partial charge in [0.15, 0.2) is 0 Å². The van der Waals surface area contributed by atoms with Crippen LogP contribution in [-0.4, -0.2) is 48.8 Å². The van der Waals surface area contributed by atoms with Gasteiger partial charge in [0.1, 0.15) is 10.3 Å². The van der Waals surface area contributed by atoms with Crippen molar-refractivity contribution >= 4 is 33.2 Å². The number of sulfonamides is 1. The van der Waals surface area contributed by atoms with Crippen LogP contribution in [0.5, 0.6) is 0 Å². The maximum absolute atomic E-state index is 12.6. The highest BCUT2D eigenvalue weighted by Gasteiger charge is 2.40. The first-order chi connectivity index (χ1) is 10.7. The van der Waals surface area contributed by atoms with E-state index in [2.05, 4.69) is 5.32 Å². The van der Waals surface area contributed by atoms with Crippen LogP contribution in [0.15, 0.2) is 21.7 Å². The van der Waals surface area contributed by atoms with E-state index in [1.54, 1.807) is 11.4 Å². The van der Waals surface area contributed by atoms with Crippen molar-refractivity contribution in [3.05, 3.63) is 17.5 Å². The number of amides is 1. The lowest BCUT2D eigenvalue weighted by atomic mass is 9.94. The number of rotatable bonds is 6. The first-order valence-electron chi connectivity index (χ1n) is 7.23. The molecule has 1 aliphatic rings. The molecule has 0 aromatic carbocycles. The minimum Gasteiger partial charge on any atom is -0.481 e. The van der Waals surface area contributed by atoms with Gasteiger partial charge in [0.05, 0.1) is 5.41 Å². The van der Waals surface area contributed by atoms with E-state index >= 15 is 0 Å². The summed E-state index contributed by atoms with van der Waals surface area (Å²) in [7, 11) is -3.68. The molecule has 1 saturated heterocycles. The third-order valence-corrected chi connectivity index (χ3v) is 7.13. The molecule has 1 aromatic heterocycles. The lowest BCUT2D eigenvalue weighted by Gasteiger charge is -2.25. The third-order valence-electron chi connectivity index (χ3n) is 3.85. The number of nitrogens with one attached hydrogen (secondary N) is 1. The second-order valence-corrected chi connectivity index (χ2v) is 9.18. The van der Waals surface area contributed by atoms with E-state index in [0.29, 0.717) is 19.4 Å². The van der Waals surface area contributed by atoms with Crippen molar-refractivity contribution in [2.75, 3.05) is 13.1 Å². The fourth-order valence-corrected chi connectivity index (χ4v) is 5.09. The summed E-state index contributed by atoms with van der Waals surface area (Å²) in [6.45, 7) is 3.25. The molecule has 0 aliphatic carbocycles. The summed E-state index contributed by atoms with van der Waals surface area (Å²) in [4.78, 5) is 23.4. The number of carboxylic acids is 1. The van der Waals surface area contributed by atoms with Gasteiger partial charge in [0.2, 0.25) is 5.91 Å². The van der Waals surface area contributed by atoms with Crippen LogP contribution in [0.2, 0.25) is 0 Å². The normalized spacial score (nSPS) is 19.7. The zero-order valence-corrected chi connectivity index (χ0v) is 14.6. The molecule has 0 bridgehead atoms. The van der Waals surface area contributed by atoms with Gasteiger partial charge >= 0.3 is 5.97 Å². The lowest BCUT2D eigenvalue weighted by Crippen LogP contribution is -2.48. The summed E-state index contributed by atoms with van der Waals surface area (Å²) < 4.78 is 26.6. The summed E-state index contributed by atoms with van der Waals surface area (Å²) in [5, 5.41) is 13.3. The lowest BCUT2D eigenvalue weighted by molar-refractivity contribution is -0.146. The smallest absolute Gasteiger partial charge is 0.310 e. The summed E-state index contributed by atoms with van der Waals surface area (Å²) >= 11 is 1.11. The minimum absolute atomic E-state index is 0.0510. The Balaban J connectivity index is 2.10. The second-order valence-electron chi connectivity index (χ2n) is 6.11. The zero-order chi connectivity index (χ0) is 17.3. The van der Waals surface area contributed by atoms with Crippen LogP contribution in [0.3, 0.4) is 0 Å². The van der Waals surface area contributed by atoms with Crippen LogP contribution in [0.4, 0.5) is 0 Å². The second kappa shape index (κ2) is 6.58. The summed E-state index contributed by atoms with van der Waals surface area (Å²) in [6, 6.07) is 2.38. The highest BCUT2D eigenvalue weighted by atomic mass is 32.2. The molecule has 7 nitrogen and oxygen atoms in total. The largest absolute Gasteiger partial charge is 0.481 e. The Kier molecular flexibility index (Phi) is 5.12. The average Bonchev–Trinajstić information content (AvgIpc) is 3.15. The predicted octanol–water partition coefficient (Wildman–Crippen LogP) is 1.13. The number of carboxylic acid groups (broad SMARTS) is 1. The van der Waals surface area contributed by atoms with Gasteiger partial charge in [-0.15, -0.1) is 11.3 Å². The van der Waals surface area contributed by atoms with Crippen LogP contribution in [0.25, 0.3) is 0 Å². The quantitative estimate of drug-likeness (QED) is 0.791. The Morgan fingerprint density at radius 3 is 2.74 bits per heavy atom. The zero-order valence-electron chi connectivity index (χ0n) is 13.0. The molecule has 1 amide bonds. The standard InChI is InChI=1S/C14H20N2O5S2/c1-14(2,13(18)19)9-15-12(17)10-5-3-7-16(10)23(20,21)11-6-4-8-22-11/h4,6,8,10H,3,5,7,9H2,1-2H3,(H,15,17)(H,18,19). The molecule has 1 atom stereocenters. The monoisotopic (exact) mass is 360 g/mol. The molecule has 1 aromatic rings. The van der Waals surface area contributed by atoms with Gasteiger partial charge in [-0.25, -0.2) is 8.42 Å². The van der Waals surface area contributed by atoms with Gasteiger partial charge in [-0.2, -0.15) is 4.31 Å². The van der Waals surface area contributed by atoms with Crippen LogP contribution in [-0.2, 0) is 19.6 Å². The van der Waals surface area contributed by atoms with Crippen molar-refractivity contribution in [1.82, 2.24) is 9.62 Å². The fraction of sp³-hybridized carbons (Fsp3) is 0.571. The number of hydrogen-bond acceptors (Lipinski definition) is 5. The van der Waals surface area contributed by atoms with E-state index in [1.807, 2.05) is 0 Å². The molecule has 0 radical (unpaired) electrons. The van der Waals surface area contributed by atoms with Crippen molar-refractivity contribution in [3.63, 3.8) is 0 Å². The molecule has 128 valence electrons.